The normalized spacial score (nSPS) is 14.5. The number of aromatic hydroxyl groups is 1. The number of ether oxygens (including phenoxy) is 1. The third-order valence-corrected chi connectivity index (χ3v) is 4.42. The van der Waals surface area contributed by atoms with Gasteiger partial charge in [-0.15, -0.1) is 0 Å². The van der Waals surface area contributed by atoms with Crippen molar-refractivity contribution in [1.82, 2.24) is 10.2 Å². The highest BCUT2D eigenvalue weighted by molar-refractivity contribution is 6.16. The highest BCUT2D eigenvalue weighted by Crippen LogP contribution is 2.36. The van der Waals surface area contributed by atoms with Gasteiger partial charge in [0.2, 0.25) is 5.91 Å². The van der Waals surface area contributed by atoms with Crippen LogP contribution < -0.4 is 15.4 Å². The lowest BCUT2D eigenvalue weighted by Crippen LogP contribution is -2.38. The number of benzene rings is 2. The van der Waals surface area contributed by atoms with Gasteiger partial charge in [0.1, 0.15) is 12.2 Å². The maximum absolute atomic E-state index is 12.6. The molecule has 2 aromatic rings. The van der Waals surface area contributed by atoms with Crippen LogP contribution in [0, 0.1) is 17.0 Å². The number of imide groups is 1. The third kappa shape index (κ3) is 4.61. The Labute approximate surface area is 176 Å². The summed E-state index contributed by atoms with van der Waals surface area (Å²) in [6.45, 7) is 1.35. The maximum Gasteiger partial charge on any atom is 0.329 e. The first kappa shape index (κ1) is 21.3. The van der Waals surface area contributed by atoms with Crippen molar-refractivity contribution in [3.05, 3.63) is 63.3 Å². The van der Waals surface area contributed by atoms with Crippen LogP contribution in [0.15, 0.2) is 42.1 Å². The van der Waals surface area contributed by atoms with E-state index in [1.165, 1.54) is 7.11 Å². The highest BCUT2D eigenvalue weighted by Gasteiger charge is 2.35. The number of nitrogens with zero attached hydrogens (tertiary/aromatic N) is 2. The molecule has 0 saturated carbocycles. The second kappa shape index (κ2) is 8.53. The molecule has 3 rings (SSSR count). The van der Waals surface area contributed by atoms with Crippen molar-refractivity contribution in [2.75, 3.05) is 19.0 Å². The predicted molar refractivity (Wildman–Crippen MR) is 109 cm³/mol. The minimum atomic E-state index is -0.841. The molecule has 2 aromatic carbocycles. The molecule has 1 aliphatic heterocycles. The highest BCUT2D eigenvalue weighted by atomic mass is 16.6. The predicted octanol–water partition coefficient (Wildman–Crippen LogP) is 2.15. The number of nitrogens with one attached hydrogen (secondary N) is 2. The Kier molecular flexibility index (Phi) is 5.86. The summed E-state index contributed by atoms with van der Waals surface area (Å²) in [5.41, 5.74) is 0.759. The molecule has 0 atom stereocenters. The molecule has 0 aromatic heterocycles. The summed E-state index contributed by atoms with van der Waals surface area (Å²) in [5, 5.41) is 26.2. The van der Waals surface area contributed by atoms with Crippen LogP contribution in [-0.4, -0.2) is 46.4 Å². The van der Waals surface area contributed by atoms with Gasteiger partial charge in [0.25, 0.3) is 11.6 Å². The van der Waals surface area contributed by atoms with Gasteiger partial charge >= 0.3 is 6.03 Å². The van der Waals surface area contributed by atoms with E-state index in [0.29, 0.717) is 10.6 Å². The van der Waals surface area contributed by atoms with E-state index in [4.69, 9.17) is 4.74 Å². The Morgan fingerprint density at radius 2 is 1.97 bits per heavy atom. The Bertz CT molecular complexity index is 1110. The molecule has 0 bridgehead atoms. The maximum atomic E-state index is 12.6. The summed E-state index contributed by atoms with van der Waals surface area (Å²) in [6.07, 6.45) is 1.07. The average Bonchev–Trinajstić information content (AvgIpc) is 2.98. The number of nitro benzene ring substituents is 1. The van der Waals surface area contributed by atoms with Crippen LogP contribution in [-0.2, 0) is 9.59 Å². The SMILES string of the molecule is COc1cc([N+](=O)[O-])cc(/C=C2/NC(=O)N(CC(=O)Nc3ccc(C)cc3)C2=O)c1O. The molecule has 3 N–H and O–H groups in total. The number of carbonyl (C=O) groups excluding carboxylic acids is 3. The van der Waals surface area contributed by atoms with E-state index in [-0.39, 0.29) is 22.7 Å². The lowest BCUT2D eigenvalue weighted by molar-refractivity contribution is -0.385. The van der Waals surface area contributed by atoms with Gasteiger partial charge in [0, 0.05) is 17.3 Å². The standard InChI is InChI=1S/C20H18N4O7/c1-11-3-5-13(6-4-11)21-17(25)10-23-19(27)15(22-20(23)28)8-12-7-14(24(29)30)9-16(31-2)18(12)26/h3-9,26H,10H2,1-2H3,(H,21,25)(H,22,28)/b15-8+. The Hall–Kier alpha value is -4.41. The van der Waals surface area contributed by atoms with E-state index >= 15 is 0 Å². The topological polar surface area (TPSA) is 151 Å². The summed E-state index contributed by atoms with van der Waals surface area (Å²) in [5.74, 6) is -2.03. The van der Waals surface area contributed by atoms with Gasteiger partial charge in [-0.05, 0) is 25.1 Å². The van der Waals surface area contributed by atoms with Crippen molar-refractivity contribution in [2.24, 2.45) is 0 Å². The van der Waals surface area contributed by atoms with Crippen LogP contribution in [0.25, 0.3) is 6.08 Å². The zero-order chi connectivity index (χ0) is 22.7. The number of non-ortho nitro benzene ring substituents is 1. The Morgan fingerprint density at radius 3 is 2.58 bits per heavy atom. The number of hydrogen-bond donors (Lipinski definition) is 3. The fraction of sp³-hybridized carbons (Fsp3) is 0.150. The van der Waals surface area contributed by atoms with E-state index < -0.39 is 35.1 Å². The van der Waals surface area contributed by atoms with Crippen LogP contribution in [0.1, 0.15) is 11.1 Å². The first-order chi connectivity index (χ1) is 14.7. The molecule has 1 saturated heterocycles. The number of hydrogen-bond acceptors (Lipinski definition) is 7. The van der Waals surface area contributed by atoms with E-state index in [1.54, 1.807) is 24.3 Å². The minimum absolute atomic E-state index is 0.111. The largest absolute Gasteiger partial charge is 0.504 e. The Balaban J connectivity index is 1.80. The molecular weight excluding hydrogens is 408 g/mol. The number of carbonyl (C=O) groups is 3. The van der Waals surface area contributed by atoms with Crippen molar-refractivity contribution in [3.8, 4) is 11.5 Å². The number of aryl methyl sites for hydroxylation is 1. The van der Waals surface area contributed by atoms with Crippen molar-refractivity contribution < 1.29 is 29.2 Å². The molecule has 0 aliphatic carbocycles. The molecule has 160 valence electrons. The molecule has 4 amide bonds. The lowest BCUT2D eigenvalue weighted by atomic mass is 10.1. The molecule has 0 radical (unpaired) electrons. The quantitative estimate of drug-likeness (QED) is 0.277. The number of phenolic OH excluding ortho intramolecular Hbond substituents is 1. The van der Waals surface area contributed by atoms with Gasteiger partial charge < -0.3 is 20.5 Å². The van der Waals surface area contributed by atoms with Crippen LogP contribution in [0.2, 0.25) is 0 Å². The first-order valence-corrected chi connectivity index (χ1v) is 8.96. The van der Waals surface area contributed by atoms with Crippen LogP contribution in [0.3, 0.4) is 0 Å². The monoisotopic (exact) mass is 426 g/mol. The summed E-state index contributed by atoms with van der Waals surface area (Å²) in [7, 11) is 1.21. The molecule has 11 nitrogen and oxygen atoms in total. The first-order valence-electron chi connectivity index (χ1n) is 8.96. The zero-order valence-electron chi connectivity index (χ0n) is 16.5. The summed E-state index contributed by atoms with van der Waals surface area (Å²) in [4.78, 5) is 48.1. The number of methoxy groups -OCH3 is 1. The zero-order valence-corrected chi connectivity index (χ0v) is 16.5. The summed E-state index contributed by atoms with van der Waals surface area (Å²) < 4.78 is 4.91. The lowest BCUT2D eigenvalue weighted by Gasteiger charge is -2.12. The third-order valence-electron chi connectivity index (χ3n) is 4.42. The average molecular weight is 426 g/mol. The number of urea groups is 1. The molecule has 11 heteroatoms. The molecule has 31 heavy (non-hydrogen) atoms. The number of phenols is 1. The second-order valence-electron chi connectivity index (χ2n) is 6.64. The molecule has 1 fully saturated rings. The minimum Gasteiger partial charge on any atom is -0.504 e. The number of nitro groups is 1. The van der Waals surface area contributed by atoms with E-state index in [9.17, 15) is 29.6 Å². The summed E-state index contributed by atoms with van der Waals surface area (Å²) in [6, 6.07) is 8.16. The molecule has 1 aliphatic rings. The smallest absolute Gasteiger partial charge is 0.329 e. The van der Waals surface area contributed by atoms with Gasteiger partial charge in [0.05, 0.1) is 18.1 Å². The van der Waals surface area contributed by atoms with Gasteiger partial charge in [-0.2, -0.15) is 0 Å². The van der Waals surface area contributed by atoms with Crippen molar-refractivity contribution in [3.63, 3.8) is 0 Å². The second-order valence-corrected chi connectivity index (χ2v) is 6.64. The van der Waals surface area contributed by atoms with Gasteiger partial charge in [0.15, 0.2) is 11.5 Å². The van der Waals surface area contributed by atoms with E-state index in [2.05, 4.69) is 10.6 Å². The molecule has 0 spiro atoms. The van der Waals surface area contributed by atoms with E-state index in [1.807, 2.05) is 6.92 Å². The number of anilines is 1. The van der Waals surface area contributed by atoms with Crippen LogP contribution in [0.5, 0.6) is 11.5 Å². The van der Waals surface area contributed by atoms with Crippen LogP contribution in [0.4, 0.5) is 16.2 Å². The fourth-order valence-corrected chi connectivity index (χ4v) is 2.84. The number of amides is 4. The molecule has 1 heterocycles. The molecule has 0 unspecified atom stereocenters. The summed E-state index contributed by atoms with van der Waals surface area (Å²) >= 11 is 0. The number of rotatable bonds is 6. The van der Waals surface area contributed by atoms with Gasteiger partial charge in [-0.3, -0.25) is 19.7 Å². The van der Waals surface area contributed by atoms with Gasteiger partial charge in [-0.1, -0.05) is 17.7 Å². The van der Waals surface area contributed by atoms with Crippen LogP contribution >= 0.6 is 0 Å². The van der Waals surface area contributed by atoms with Crippen molar-refractivity contribution >= 4 is 35.3 Å². The molecular formula is C20H18N4O7. The van der Waals surface area contributed by atoms with Gasteiger partial charge in [-0.25, -0.2) is 9.69 Å². The fourth-order valence-electron chi connectivity index (χ4n) is 2.84. The Morgan fingerprint density at radius 1 is 1.29 bits per heavy atom. The van der Waals surface area contributed by atoms with Crippen molar-refractivity contribution in [2.45, 2.75) is 6.92 Å². The van der Waals surface area contributed by atoms with Crippen molar-refractivity contribution in [1.29, 1.82) is 0 Å². The van der Waals surface area contributed by atoms with E-state index in [0.717, 1.165) is 23.8 Å².